The fourth-order valence-corrected chi connectivity index (χ4v) is 2.26. The molecule has 2 aromatic heterocycles. The molecule has 0 spiro atoms. The first-order valence-corrected chi connectivity index (χ1v) is 6.81. The van der Waals surface area contributed by atoms with E-state index in [1.807, 2.05) is 32.0 Å². The Morgan fingerprint density at radius 2 is 2.11 bits per heavy atom. The second-order valence-electron chi connectivity index (χ2n) is 3.40. The Morgan fingerprint density at radius 3 is 2.67 bits per heavy atom. The smallest absolute Gasteiger partial charge is 0.110 e. The van der Waals surface area contributed by atoms with Crippen LogP contribution in [-0.4, -0.2) is 4.98 Å². The highest BCUT2D eigenvalue weighted by Crippen LogP contribution is 2.28. The van der Waals surface area contributed by atoms with E-state index < -0.39 is 0 Å². The van der Waals surface area contributed by atoms with Gasteiger partial charge in [-0.25, -0.2) is 0 Å². The Bertz CT molecular complexity index is 552. The predicted octanol–water partition coefficient (Wildman–Crippen LogP) is 3.85. The van der Waals surface area contributed by atoms with Crippen LogP contribution in [0, 0.1) is 11.3 Å². The number of pyridine rings is 1. The molecule has 0 aliphatic rings. The fourth-order valence-electron chi connectivity index (χ4n) is 1.48. The van der Waals surface area contributed by atoms with Crippen LogP contribution in [0.15, 0.2) is 24.4 Å². The van der Waals surface area contributed by atoms with Crippen molar-refractivity contribution in [2.24, 2.45) is 0 Å². The molecule has 3 nitrogen and oxygen atoms in total. The van der Waals surface area contributed by atoms with Gasteiger partial charge in [0.15, 0.2) is 0 Å². The molecule has 4 heteroatoms. The van der Waals surface area contributed by atoms with Crippen LogP contribution in [0.4, 0.5) is 5.69 Å². The lowest BCUT2D eigenvalue weighted by Crippen LogP contribution is -1.95. The Kier molecular flexibility index (Phi) is 5.34. The van der Waals surface area contributed by atoms with Gasteiger partial charge in [0.25, 0.3) is 0 Å². The van der Waals surface area contributed by atoms with Gasteiger partial charge in [-0.05, 0) is 30.2 Å². The number of rotatable bonds is 2. The van der Waals surface area contributed by atoms with Crippen molar-refractivity contribution in [3.8, 4) is 16.6 Å². The maximum atomic E-state index is 8.76. The van der Waals surface area contributed by atoms with Gasteiger partial charge in [-0.1, -0.05) is 20.8 Å². The van der Waals surface area contributed by atoms with E-state index in [0.717, 1.165) is 28.2 Å². The van der Waals surface area contributed by atoms with Gasteiger partial charge in [-0.2, -0.15) is 5.26 Å². The number of aromatic nitrogens is 1. The molecule has 0 aliphatic heterocycles. The quantitative estimate of drug-likeness (QED) is 0.891. The van der Waals surface area contributed by atoms with Crippen LogP contribution in [0.25, 0.3) is 10.6 Å². The normalized spacial score (nSPS) is 9.22. The molecule has 94 valence electrons. The first-order chi connectivity index (χ1) is 8.74. The van der Waals surface area contributed by atoms with Gasteiger partial charge in [0.2, 0.25) is 0 Å². The summed E-state index contributed by atoms with van der Waals surface area (Å²) in [6.45, 7) is 6.06. The number of nitrogen functional groups attached to an aromatic ring is 1. The molecule has 0 saturated carbocycles. The fraction of sp³-hybridized carbons (Fsp3) is 0.286. The Balaban J connectivity index is 0.000000771. The van der Waals surface area contributed by atoms with Gasteiger partial charge >= 0.3 is 0 Å². The molecule has 0 aromatic carbocycles. The zero-order chi connectivity index (χ0) is 13.5. The summed E-state index contributed by atoms with van der Waals surface area (Å²) >= 11 is 1.45. The molecule has 2 heterocycles. The molecule has 0 radical (unpaired) electrons. The minimum Gasteiger partial charge on any atom is -0.397 e. The lowest BCUT2D eigenvalue weighted by molar-refractivity contribution is 1.13. The second-order valence-corrected chi connectivity index (χ2v) is 4.48. The van der Waals surface area contributed by atoms with Crippen molar-refractivity contribution in [2.75, 3.05) is 5.73 Å². The van der Waals surface area contributed by atoms with E-state index in [0.29, 0.717) is 4.88 Å². The largest absolute Gasteiger partial charge is 0.397 e. The van der Waals surface area contributed by atoms with E-state index in [1.54, 1.807) is 6.20 Å². The van der Waals surface area contributed by atoms with Crippen molar-refractivity contribution in [1.82, 2.24) is 4.98 Å². The molecular formula is C14H17N3S. The van der Waals surface area contributed by atoms with E-state index in [-0.39, 0.29) is 0 Å². The third kappa shape index (κ3) is 3.08. The van der Waals surface area contributed by atoms with Crippen LogP contribution < -0.4 is 5.73 Å². The van der Waals surface area contributed by atoms with Gasteiger partial charge < -0.3 is 5.73 Å². The molecule has 0 amide bonds. The lowest BCUT2D eigenvalue weighted by Gasteiger charge is -2.04. The average molecular weight is 259 g/mol. The summed E-state index contributed by atoms with van der Waals surface area (Å²) in [5, 5.41) is 8.76. The molecule has 0 aliphatic carbocycles. The zero-order valence-electron chi connectivity index (χ0n) is 10.9. The molecular weight excluding hydrogens is 242 g/mol. The van der Waals surface area contributed by atoms with Gasteiger partial charge in [0, 0.05) is 0 Å². The molecule has 0 atom stereocenters. The van der Waals surface area contributed by atoms with Gasteiger partial charge in [0.05, 0.1) is 22.5 Å². The molecule has 18 heavy (non-hydrogen) atoms. The number of aryl methyl sites for hydroxylation is 1. The maximum absolute atomic E-state index is 8.76. The van der Waals surface area contributed by atoms with Crippen molar-refractivity contribution in [3.05, 3.63) is 34.8 Å². The highest BCUT2D eigenvalue weighted by molar-refractivity contribution is 7.15. The van der Waals surface area contributed by atoms with Crippen molar-refractivity contribution >= 4 is 17.0 Å². The van der Waals surface area contributed by atoms with E-state index in [1.165, 1.54) is 11.3 Å². The first kappa shape index (κ1) is 14.2. The molecule has 0 fully saturated rings. The summed E-state index contributed by atoms with van der Waals surface area (Å²) in [5.41, 5.74) is 8.50. The number of anilines is 1. The standard InChI is InChI=1S/C12H11N3S.C2H6/c1-2-8-5-11(15-7-10(8)14)12-4-3-9(6-13)16-12;1-2/h3-5,7H,2,14H2,1H3;1-2H3. The third-order valence-corrected chi connectivity index (χ3v) is 3.39. The molecule has 2 N–H and O–H groups in total. The summed E-state index contributed by atoms with van der Waals surface area (Å²) in [4.78, 5) is 5.99. The number of nitrogens with two attached hydrogens (primary N) is 1. The Hall–Kier alpha value is -1.86. The van der Waals surface area contributed by atoms with E-state index in [9.17, 15) is 0 Å². The summed E-state index contributed by atoms with van der Waals surface area (Å²) in [5.74, 6) is 0. The average Bonchev–Trinajstić information content (AvgIpc) is 2.90. The molecule has 0 unspecified atom stereocenters. The summed E-state index contributed by atoms with van der Waals surface area (Å²) in [6, 6.07) is 7.84. The van der Waals surface area contributed by atoms with Crippen LogP contribution in [0.1, 0.15) is 31.2 Å². The van der Waals surface area contributed by atoms with Crippen molar-refractivity contribution < 1.29 is 0 Å². The van der Waals surface area contributed by atoms with E-state index in [2.05, 4.69) is 18.0 Å². The van der Waals surface area contributed by atoms with Crippen LogP contribution in [-0.2, 0) is 6.42 Å². The van der Waals surface area contributed by atoms with Crippen molar-refractivity contribution in [1.29, 1.82) is 5.26 Å². The van der Waals surface area contributed by atoms with Crippen LogP contribution in [0.2, 0.25) is 0 Å². The predicted molar refractivity (Wildman–Crippen MR) is 77.4 cm³/mol. The van der Waals surface area contributed by atoms with Crippen molar-refractivity contribution in [2.45, 2.75) is 27.2 Å². The maximum Gasteiger partial charge on any atom is 0.110 e. The Labute approximate surface area is 112 Å². The second kappa shape index (κ2) is 6.77. The summed E-state index contributed by atoms with van der Waals surface area (Å²) < 4.78 is 0. The minimum absolute atomic E-state index is 0.701. The highest BCUT2D eigenvalue weighted by Gasteiger charge is 2.06. The number of hydrogen-bond acceptors (Lipinski definition) is 4. The number of nitriles is 1. The van der Waals surface area contributed by atoms with E-state index >= 15 is 0 Å². The first-order valence-electron chi connectivity index (χ1n) is 5.99. The number of hydrogen-bond donors (Lipinski definition) is 1. The number of thiophene rings is 1. The van der Waals surface area contributed by atoms with Crippen LogP contribution >= 0.6 is 11.3 Å². The zero-order valence-corrected chi connectivity index (χ0v) is 11.7. The lowest BCUT2D eigenvalue weighted by atomic mass is 10.1. The SMILES string of the molecule is CC.CCc1cc(-c2ccc(C#N)s2)ncc1N. The minimum atomic E-state index is 0.701. The van der Waals surface area contributed by atoms with Gasteiger partial charge in [0.1, 0.15) is 10.9 Å². The third-order valence-electron chi connectivity index (χ3n) is 2.37. The van der Waals surface area contributed by atoms with Crippen molar-refractivity contribution in [3.63, 3.8) is 0 Å². The monoisotopic (exact) mass is 259 g/mol. The topological polar surface area (TPSA) is 62.7 Å². The molecule has 2 rings (SSSR count). The van der Waals surface area contributed by atoms with Gasteiger partial charge in [-0.3, -0.25) is 4.98 Å². The van der Waals surface area contributed by atoms with Gasteiger partial charge in [-0.15, -0.1) is 11.3 Å². The Morgan fingerprint density at radius 1 is 1.39 bits per heavy atom. The molecule has 0 bridgehead atoms. The van der Waals surface area contributed by atoms with E-state index in [4.69, 9.17) is 11.0 Å². The molecule has 0 saturated heterocycles. The summed E-state index contributed by atoms with van der Waals surface area (Å²) in [6.07, 6.45) is 2.57. The highest BCUT2D eigenvalue weighted by atomic mass is 32.1. The van der Waals surface area contributed by atoms with Crippen LogP contribution in [0.5, 0.6) is 0 Å². The summed E-state index contributed by atoms with van der Waals surface area (Å²) in [7, 11) is 0. The molecule has 2 aromatic rings. The number of nitrogens with zero attached hydrogens (tertiary/aromatic N) is 2. The van der Waals surface area contributed by atoms with Crippen LogP contribution in [0.3, 0.4) is 0 Å².